The molecule has 0 atom stereocenters. The number of nitrogens with zero attached hydrogens (tertiary/aromatic N) is 2. The van der Waals surface area contributed by atoms with Gasteiger partial charge in [-0.25, -0.2) is 4.79 Å². The van der Waals surface area contributed by atoms with Gasteiger partial charge in [-0.3, -0.25) is 4.79 Å². The maximum Gasteiger partial charge on any atom is 0.337 e. The van der Waals surface area contributed by atoms with Crippen molar-refractivity contribution in [3.8, 4) is 6.07 Å². The average Bonchev–Trinajstić information content (AvgIpc) is 2.67. The Kier molecular flexibility index (Phi) is 6.58. The van der Waals surface area contributed by atoms with Gasteiger partial charge >= 0.3 is 5.97 Å². The van der Waals surface area contributed by atoms with E-state index in [1.165, 1.54) is 19.7 Å². The third-order valence-corrected chi connectivity index (χ3v) is 4.46. The lowest BCUT2D eigenvalue weighted by Gasteiger charge is -2.31. The maximum atomic E-state index is 12.5. The summed E-state index contributed by atoms with van der Waals surface area (Å²) in [7, 11) is 3.07. The number of nitrogens with one attached hydrogen (secondary N) is 1. The second-order valence-electron chi connectivity index (χ2n) is 6.09. The van der Waals surface area contributed by atoms with E-state index in [0.29, 0.717) is 11.3 Å². The molecule has 1 aromatic rings. The van der Waals surface area contributed by atoms with Gasteiger partial charge in [-0.2, -0.15) is 5.26 Å². The van der Waals surface area contributed by atoms with Gasteiger partial charge < -0.3 is 15.0 Å². The van der Waals surface area contributed by atoms with Gasteiger partial charge in [-0.05, 0) is 31.0 Å². The Morgan fingerprint density at radius 1 is 1.32 bits per heavy atom. The zero-order valence-corrected chi connectivity index (χ0v) is 14.6. The number of carbonyl (C=O) groups is 2. The van der Waals surface area contributed by atoms with E-state index in [1.54, 1.807) is 36.2 Å². The molecule has 2 rings (SSSR count). The molecule has 0 saturated heterocycles. The van der Waals surface area contributed by atoms with Crippen molar-refractivity contribution in [2.45, 2.75) is 38.1 Å². The van der Waals surface area contributed by atoms with E-state index in [2.05, 4.69) is 10.1 Å². The monoisotopic (exact) mass is 341 g/mol. The number of hydrogen-bond acceptors (Lipinski definition) is 5. The van der Waals surface area contributed by atoms with Crippen molar-refractivity contribution in [3.63, 3.8) is 0 Å². The fourth-order valence-electron chi connectivity index (χ4n) is 2.98. The Morgan fingerprint density at radius 2 is 2.04 bits per heavy atom. The molecule has 1 amide bonds. The lowest BCUT2D eigenvalue weighted by molar-refractivity contribution is -0.128. The van der Waals surface area contributed by atoms with Crippen LogP contribution in [0.1, 0.15) is 42.5 Å². The molecule has 6 nitrogen and oxygen atoms in total. The van der Waals surface area contributed by atoms with E-state index in [-0.39, 0.29) is 17.5 Å². The Hall–Kier alpha value is -2.81. The molecule has 0 radical (unpaired) electrons. The summed E-state index contributed by atoms with van der Waals surface area (Å²) in [4.78, 5) is 25.8. The molecule has 25 heavy (non-hydrogen) atoms. The van der Waals surface area contributed by atoms with Crippen molar-refractivity contribution in [2.24, 2.45) is 0 Å². The molecule has 6 heteroatoms. The number of amides is 1. The summed E-state index contributed by atoms with van der Waals surface area (Å²) < 4.78 is 4.68. The Morgan fingerprint density at radius 3 is 2.68 bits per heavy atom. The molecule has 1 aliphatic rings. The molecule has 132 valence electrons. The lowest BCUT2D eigenvalue weighted by atomic mass is 9.94. The summed E-state index contributed by atoms with van der Waals surface area (Å²) in [6.07, 6.45) is 6.79. The largest absolute Gasteiger partial charge is 0.465 e. The van der Waals surface area contributed by atoms with E-state index >= 15 is 0 Å². The molecule has 0 bridgehead atoms. The predicted molar refractivity (Wildman–Crippen MR) is 94.7 cm³/mol. The van der Waals surface area contributed by atoms with Crippen LogP contribution in [0.5, 0.6) is 0 Å². The first-order valence-electron chi connectivity index (χ1n) is 8.39. The second-order valence-corrected chi connectivity index (χ2v) is 6.09. The first-order valence-corrected chi connectivity index (χ1v) is 8.39. The van der Waals surface area contributed by atoms with Crippen LogP contribution in [-0.4, -0.2) is 37.0 Å². The fourth-order valence-corrected chi connectivity index (χ4v) is 2.98. The van der Waals surface area contributed by atoms with Crippen LogP contribution in [0, 0.1) is 11.3 Å². The zero-order chi connectivity index (χ0) is 18.2. The highest BCUT2D eigenvalue weighted by Gasteiger charge is 2.24. The van der Waals surface area contributed by atoms with Crippen LogP contribution in [0.4, 0.5) is 5.69 Å². The standard InChI is InChI=1S/C19H23N3O3/c1-22(17-9-4-3-5-10-17)18(23)15(12-20)13-21-16-8-6-7-14(11-16)19(24)25-2/h6-8,11,13,17,21H,3-5,9-10H2,1-2H3/b15-13-. The van der Waals surface area contributed by atoms with Crippen molar-refractivity contribution in [3.05, 3.63) is 41.6 Å². The first kappa shape index (κ1) is 18.5. The number of nitriles is 1. The minimum atomic E-state index is -0.443. The first-order chi connectivity index (χ1) is 12.1. The third-order valence-electron chi connectivity index (χ3n) is 4.46. The van der Waals surface area contributed by atoms with Gasteiger partial charge in [0, 0.05) is 25.0 Å². The number of hydrogen-bond donors (Lipinski definition) is 1. The van der Waals surface area contributed by atoms with Crippen LogP contribution in [0.15, 0.2) is 36.0 Å². The molecule has 1 N–H and O–H groups in total. The number of ether oxygens (including phenoxy) is 1. The minimum Gasteiger partial charge on any atom is -0.465 e. The SMILES string of the molecule is COC(=O)c1cccc(N/C=C(/C#N)C(=O)N(C)C2CCCCC2)c1. The van der Waals surface area contributed by atoms with Gasteiger partial charge in [-0.1, -0.05) is 25.3 Å². The molecule has 0 aromatic heterocycles. The van der Waals surface area contributed by atoms with Crippen LogP contribution in [-0.2, 0) is 9.53 Å². The smallest absolute Gasteiger partial charge is 0.337 e. The van der Waals surface area contributed by atoms with E-state index in [0.717, 1.165) is 25.7 Å². The highest BCUT2D eigenvalue weighted by atomic mass is 16.5. The molecular formula is C19H23N3O3. The van der Waals surface area contributed by atoms with Crippen LogP contribution in [0.3, 0.4) is 0 Å². The number of carbonyl (C=O) groups excluding carboxylic acids is 2. The van der Waals surface area contributed by atoms with Gasteiger partial charge in [0.05, 0.1) is 12.7 Å². The summed E-state index contributed by atoms with van der Waals surface area (Å²) >= 11 is 0. The minimum absolute atomic E-state index is 0.0385. The predicted octanol–water partition coefficient (Wildman–Crippen LogP) is 3.08. The molecule has 0 heterocycles. The Labute approximate surface area is 148 Å². The van der Waals surface area contributed by atoms with E-state index in [1.807, 2.05) is 6.07 Å². The summed E-state index contributed by atoms with van der Waals surface area (Å²) in [5, 5.41) is 12.2. The molecule has 0 spiro atoms. The molecule has 1 saturated carbocycles. The maximum absolute atomic E-state index is 12.5. The number of rotatable bonds is 5. The van der Waals surface area contributed by atoms with Gasteiger partial charge in [0.2, 0.25) is 0 Å². The van der Waals surface area contributed by atoms with Gasteiger partial charge in [-0.15, -0.1) is 0 Å². The number of likely N-dealkylation sites (N-methyl/N-ethyl adjacent to an activating group) is 1. The topological polar surface area (TPSA) is 82.4 Å². The summed E-state index contributed by atoms with van der Waals surface area (Å²) in [6.45, 7) is 0. The zero-order valence-electron chi connectivity index (χ0n) is 14.6. The quantitative estimate of drug-likeness (QED) is 0.505. The number of benzene rings is 1. The normalized spacial score (nSPS) is 15.2. The van der Waals surface area contributed by atoms with E-state index in [4.69, 9.17) is 0 Å². The van der Waals surface area contributed by atoms with Crippen LogP contribution in [0.25, 0.3) is 0 Å². The van der Waals surface area contributed by atoms with Crippen molar-refractivity contribution < 1.29 is 14.3 Å². The number of esters is 1. The third kappa shape index (κ3) is 4.83. The summed E-state index contributed by atoms with van der Waals surface area (Å²) in [5.41, 5.74) is 1.03. The van der Waals surface area contributed by atoms with Crippen LogP contribution < -0.4 is 5.32 Å². The Balaban J connectivity index is 2.08. The number of methoxy groups -OCH3 is 1. The van der Waals surface area contributed by atoms with Crippen LogP contribution >= 0.6 is 0 Å². The van der Waals surface area contributed by atoms with Crippen molar-refractivity contribution in [2.75, 3.05) is 19.5 Å². The number of anilines is 1. The van der Waals surface area contributed by atoms with Crippen molar-refractivity contribution in [1.82, 2.24) is 4.90 Å². The summed E-state index contributed by atoms with van der Waals surface area (Å²) in [5.74, 6) is -0.729. The molecule has 1 fully saturated rings. The van der Waals surface area contributed by atoms with E-state index < -0.39 is 5.97 Å². The van der Waals surface area contributed by atoms with Gasteiger partial charge in [0.1, 0.15) is 11.6 Å². The second kappa shape index (κ2) is 8.88. The summed E-state index contributed by atoms with van der Waals surface area (Å²) in [6, 6.07) is 8.83. The molecule has 0 aliphatic heterocycles. The Bertz CT molecular complexity index is 700. The molecule has 0 unspecified atom stereocenters. The average molecular weight is 341 g/mol. The molecule has 1 aliphatic carbocycles. The van der Waals surface area contributed by atoms with Gasteiger partial charge in [0.15, 0.2) is 0 Å². The van der Waals surface area contributed by atoms with E-state index in [9.17, 15) is 14.9 Å². The van der Waals surface area contributed by atoms with Crippen LogP contribution in [0.2, 0.25) is 0 Å². The highest BCUT2D eigenvalue weighted by Crippen LogP contribution is 2.22. The van der Waals surface area contributed by atoms with Crippen molar-refractivity contribution >= 4 is 17.6 Å². The van der Waals surface area contributed by atoms with Gasteiger partial charge in [0.25, 0.3) is 5.91 Å². The van der Waals surface area contributed by atoms with Crippen molar-refractivity contribution in [1.29, 1.82) is 5.26 Å². The lowest BCUT2D eigenvalue weighted by Crippen LogP contribution is -2.39. The molecular weight excluding hydrogens is 318 g/mol. The molecule has 1 aromatic carbocycles. The highest BCUT2D eigenvalue weighted by molar-refractivity contribution is 5.97. The fraction of sp³-hybridized carbons (Fsp3) is 0.421.